The number of nitrogens with zero attached hydrogens (tertiary/aromatic N) is 2. The van der Waals surface area contributed by atoms with E-state index in [1.165, 1.54) is 6.07 Å². The van der Waals surface area contributed by atoms with Gasteiger partial charge in [0.2, 0.25) is 0 Å². The summed E-state index contributed by atoms with van der Waals surface area (Å²) >= 11 is 0. The minimum absolute atomic E-state index is 0.424. The minimum atomic E-state index is -4.35. The monoisotopic (exact) mass is 297 g/mol. The van der Waals surface area contributed by atoms with E-state index in [9.17, 15) is 13.2 Å². The molecule has 2 rings (SSSR count). The lowest BCUT2D eigenvalue weighted by molar-refractivity contribution is -0.137. The molecule has 0 bridgehead atoms. The van der Waals surface area contributed by atoms with Crippen LogP contribution in [0.3, 0.4) is 0 Å². The van der Waals surface area contributed by atoms with Crippen LogP contribution >= 0.6 is 0 Å². The molecule has 0 aliphatic rings. The van der Waals surface area contributed by atoms with Gasteiger partial charge in [0.15, 0.2) is 0 Å². The van der Waals surface area contributed by atoms with Crippen molar-refractivity contribution in [2.45, 2.75) is 33.5 Å². The van der Waals surface area contributed by atoms with E-state index in [4.69, 9.17) is 0 Å². The molecule has 3 nitrogen and oxygen atoms in total. The zero-order valence-corrected chi connectivity index (χ0v) is 12.3. The molecule has 1 aromatic carbocycles. The number of rotatable bonds is 4. The second kappa shape index (κ2) is 5.89. The average molecular weight is 297 g/mol. The summed E-state index contributed by atoms with van der Waals surface area (Å²) in [5, 5.41) is 7.58. The summed E-state index contributed by atoms with van der Waals surface area (Å²) in [6.45, 7) is 7.22. The van der Waals surface area contributed by atoms with Crippen LogP contribution in [0.1, 0.15) is 29.4 Å². The Morgan fingerprint density at radius 3 is 2.57 bits per heavy atom. The van der Waals surface area contributed by atoms with Crippen molar-refractivity contribution in [2.24, 2.45) is 0 Å². The topological polar surface area (TPSA) is 29.9 Å². The van der Waals surface area contributed by atoms with Gasteiger partial charge in [0.1, 0.15) is 0 Å². The van der Waals surface area contributed by atoms with Crippen LogP contribution in [0.2, 0.25) is 0 Å². The van der Waals surface area contributed by atoms with Gasteiger partial charge in [-0.1, -0.05) is 13.0 Å². The second-order valence-electron chi connectivity index (χ2n) is 4.89. The zero-order valence-electron chi connectivity index (χ0n) is 12.3. The van der Waals surface area contributed by atoms with Gasteiger partial charge in [-0.3, -0.25) is 0 Å². The molecule has 2 aromatic rings. The van der Waals surface area contributed by atoms with Crippen LogP contribution in [0.5, 0.6) is 0 Å². The van der Waals surface area contributed by atoms with Crippen LogP contribution in [0, 0.1) is 13.8 Å². The van der Waals surface area contributed by atoms with Crippen molar-refractivity contribution in [3.8, 4) is 5.69 Å². The summed E-state index contributed by atoms with van der Waals surface area (Å²) in [6.07, 6.45) is -4.35. The van der Waals surface area contributed by atoms with Crippen molar-refractivity contribution in [1.29, 1.82) is 0 Å². The molecule has 0 aliphatic heterocycles. The first-order valence-electron chi connectivity index (χ1n) is 6.78. The van der Waals surface area contributed by atoms with E-state index in [0.29, 0.717) is 12.2 Å². The maximum Gasteiger partial charge on any atom is 0.416 e. The summed E-state index contributed by atoms with van der Waals surface area (Å²) in [7, 11) is 0. The van der Waals surface area contributed by atoms with E-state index in [-0.39, 0.29) is 0 Å². The van der Waals surface area contributed by atoms with Crippen molar-refractivity contribution in [3.05, 3.63) is 46.8 Å². The van der Waals surface area contributed by atoms with Gasteiger partial charge >= 0.3 is 6.18 Å². The van der Waals surface area contributed by atoms with Crippen LogP contribution in [0.4, 0.5) is 13.2 Å². The van der Waals surface area contributed by atoms with Crippen LogP contribution in [0.15, 0.2) is 24.3 Å². The Kier molecular flexibility index (Phi) is 4.37. The van der Waals surface area contributed by atoms with E-state index < -0.39 is 11.7 Å². The highest BCUT2D eigenvalue weighted by molar-refractivity contribution is 5.40. The van der Waals surface area contributed by atoms with Gasteiger partial charge < -0.3 is 5.32 Å². The van der Waals surface area contributed by atoms with E-state index in [1.807, 2.05) is 20.8 Å². The molecule has 0 radical (unpaired) electrons. The predicted molar refractivity (Wildman–Crippen MR) is 75.4 cm³/mol. The molecule has 1 heterocycles. The molecule has 6 heteroatoms. The standard InChI is InChI=1S/C15H18F3N3/c1-4-19-9-14-10(2)20-21(11(14)3)13-7-5-6-12(8-13)15(16,17)18/h5-8,19H,4,9H2,1-3H3. The summed E-state index contributed by atoms with van der Waals surface area (Å²) < 4.78 is 40.0. The third kappa shape index (κ3) is 3.26. The molecule has 1 aromatic heterocycles. The lowest BCUT2D eigenvalue weighted by atomic mass is 10.1. The minimum Gasteiger partial charge on any atom is -0.313 e. The molecule has 21 heavy (non-hydrogen) atoms. The van der Waals surface area contributed by atoms with Crippen LogP contribution in [0.25, 0.3) is 5.69 Å². The largest absolute Gasteiger partial charge is 0.416 e. The molecule has 0 aliphatic carbocycles. The highest BCUT2D eigenvalue weighted by atomic mass is 19.4. The lowest BCUT2D eigenvalue weighted by Gasteiger charge is -2.10. The van der Waals surface area contributed by atoms with Gasteiger partial charge in [-0.05, 0) is 38.6 Å². The molecule has 0 fully saturated rings. The summed E-state index contributed by atoms with van der Waals surface area (Å²) in [5.74, 6) is 0. The first kappa shape index (κ1) is 15.6. The van der Waals surface area contributed by atoms with E-state index in [1.54, 1.807) is 10.7 Å². The van der Waals surface area contributed by atoms with Crippen molar-refractivity contribution in [2.75, 3.05) is 6.54 Å². The third-order valence-corrected chi connectivity index (χ3v) is 3.41. The molecular weight excluding hydrogens is 279 g/mol. The second-order valence-corrected chi connectivity index (χ2v) is 4.89. The molecule has 0 amide bonds. The number of aromatic nitrogens is 2. The quantitative estimate of drug-likeness (QED) is 0.934. The smallest absolute Gasteiger partial charge is 0.313 e. The maximum atomic E-state index is 12.8. The Hall–Kier alpha value is -1.82. The van der Waals surface area contributed by atoms with Crippen LogP contribution < -0.4 is 5.32 Å². The van der Waals surface area contributed by atoms with Crippen molar-refractivity contribution >= 4 is 0 Å². The Bertz CT molecular complexity index is 630. The van der Waals surface area contributed by atoms with Gasteiger partial charge in [-0.25, -0.2) is 4.68 Å². The number of nitrogens with one attached hydrogen (secondary N) is 1. The van der Waals surface area contributed by atoms with Gasteiger partial charge in [-0.15, -0.1) is 0 Å². The molecule has 0 spiro atoms. The Morgan fingerprint density at radius 2 is 1.95 bits per heavy atom. The highest BCUT2D eigenvalue weighted by Crippen LogP contribution is 2.30. The molecule has 1 N–H and O–H groups in total. The number of benzene rings is 1. The first-order chi connectivity index (χ1) is 9.84. The van der Waals surface area contributed by atoms with Crippen molar-refractivity contribution < 1.29 is 13.2 Å². The fraction of sp³-hybridized carbons (Fsp3) is 0.400. The fourth-order valence-electron chi connectivity index (χ4n) is 2.25. The van der Waals surface area contributed by atoms with E-state index in [0.717, 1.165) is 35.6 Å². The number of halogens is 3. The van der Waals surface area contributed by atoms with Gasteiger partial charge in [0.25, 0.3) is 0 Å². The SMILES string of the molecule is CCNCc1c(C)nn(-c2cccc(C(F)(F)F)c2)c1C. The molecule has 0 unspecified atom stereocenters. The molecule has 0 atom stereocenters. The summed E-state index contributed by atoms with van der Waals surface area (Å²) in [6, 6.07) is 5.22. The van der Waals surface area contributed by atoms with Gasteiger partial charge in [0, 0.05) is 17.8 Å². The number of alkyl halides is 3. The zero-order chi connectivity index (χ0) is 15.6. The third-order valence-electron chi connectivity index (χ3n) is 3.41. The first-order valence-corrected chi connectivity index (χ1v) is 6.78. The Balaban J connectivity index is 2.43. The highest BCUT2D eigenvalue weighted by Gasteiger charge is 2.30. The number of hydrogen-bond acceptors (Lipinski definition) is 2. The van der Waals surface area contributed by atoms with E-state index in [2.05, 4.69) is 10.4 Å². The lowest BCUT2D eigenvalue weighted by Crippen LogP contribution is -2.13. The molecule has 114 valence electrons. The fourth-order valence-corrected chi connectivity index (χ4v) is 2.25. The Labute approximate surface area is 121 Å². The summed E-state index contributed by atoms with van der Waals surface area (Å²) in [5.41, 5.74) is 2.46. The number of hydrogen-bond donors (Lipinski definition) is 1. The molecular formula is C15H18F3N3. The Morgan fingerprint density at radius 1 is 1.24 bits per heavy atom. The van der Waals surface area contributed by atoms with E-state index >= 15 is 0 Å². The molecule has 0 saturated heterocycles. The van der Waals surface area contributed by atoms with Crippen molar-refractivity contribution in [1.82, 2.24) is 15.1 Å². The maximum absolute atomic E-state index is 12.8. The van der Waals surface area contributed by atoms with Crippen LogP contribution in [-0.4, -0.2) is 16.3 Å². The van der Waals surface area contributed by atoms with Crippen LogP contribution in [-0.2, 0) is 12.7 Å². The number of aryl methyl sites for hydroxylation is 1. The summed E-state index contributed by atoms with van der Waals surface area (Å²) in [4.78, 5) is 0. The average Bonchev–Trinajstić information content (AvgIpc) is 2.71. The normalized spacial score (nSPS) is 11.9. The van der Waals surface area contributed by atoms with Crippen molar-refractivity contribution in [3.63, 3.8) is 0 Å². The van der Waals surface area contributed by atoms with Gasteiger partial charge in [-0.2, -0.15) is 18.3 Å². The predicted octanol–water partition coefficient (Wildman–Crippen LogP) is 3.62. The molecule has 0 saturated carbocycles. The van der Waals surface area contributed by atoms with Gasteiger partial charge in [0.05, 0.1) is 16.9 Å².